The third kappa shape index (κ3) is 3.37. The summed E-state index contributed by atoms with van der Waals surface area (Å²) in [5.41, 5.74) is 1.08. The molecule has 2 unspecified atom stereocenters. The molecule has 0 aliphatic carbocycles. The molecule has 19 heavy (non-hydrogen) atoms. The molecule has 0 N–H and O–H groups in total. The molecule has 1 saturated heterocycles. The monoisotopic (exact) mass is 269 g/mol. The fraction of sp³-hybridized carbons (Fsp3) is 0.600. The summed E-state index contributed by atoms with van der Waals surface area (Å²) in [7, 11) is 0. The molecule has 1 heterocycles. The Morgan fingerprint density at radius 3 is 2.26 bits per heavy atom. The fourth-order valence-electron chi connectivity index (χ4n) is 2.91. The SMILES string of the molecule is CC(C)C1CN(c2ccc(OC(F)F)cc2)CC1C. The molecule has 106 valence electrons. The highest BCUT2D eigenvalue weighted by atomic mass is 19.3. The molecular formula is C15H21F2NO. The van der Waals surface area contributed by atoms with Crippen molar-refractivity contribution in [3.63, 3.8) is 0 Å². The molecule has 0 radical (unpaired) electrons. The molecule has 1 aromatic rings. The van der Waals surface area contributed by atoms with Gasteiger partial charge in [0.05, 0.1) is 0 Å². The van der Waals surface area contributed by atoms with E-state index in [0.29, 0.717) is 17.8 Å². The quantitative estimate of drug-likeness (QED) is 0.818. The fourth-order valence-corrected chi connectivity index (χ4v) is 2.91. The Bertz CT molecular complexity index is 405. The van der Waals surface area contributed by atoms with Gasteiger partial charge in [-0.25, -0.2) is 0 Å². The average molecular weight is 269 g/mol. The van der Waals surface area contributed by atoms with Crippen molar-refractivity contribution in [2.45, 2.75) is 27.4 Å². The first-order chi connectivity index (χ1) is 8.97. The van der Waals surface area contributed by atoms with Crippen molar-refractivity contribution in [2.75, 3.05) is 18.0 Å². The van der Waals surface area contributed by atoms with Gasteiger partial charge >= 0.3 is 6.61 Å². The maximum Gasteiger partial charge on any atom is 0.387 e. The molecule has 0 aromatic heterocycles. The highest BCUT2D eigenvalue weighted by Crippen LogP contribution is 2.33. The van der Waals surface area contributed by atoms with Crippen molar-refractivity contribution in [2.24, 2.45) is 17.8 Å². The van der Waals surface area contributed by atoms with E-state index in [4.69, 9.17) is 0 Å². The second kappa shape index (κ2) is 5.76. The van der Waals surface area contributed by atoms with E-state index >= 15 is 0 Å². The Balaban J connectivity index is 2.03. The van der Waals surface area contributed by atoms with E-state index < -0.39 is 6.61 Å². The predicted octanol–water partition coefficient (Wildman–Crippen LogP) is 4.02. The van der Waals surface area contributed by atoms with Gasteiger partial charge in [0.15, 0.2) is 0 Å². The van der Waals surface area contributed by atoms with Crippen LogP contribution in [-0.2, 0) is 0 Å². The standard InChI is InChI=1S/C15H21F2NO/c1-10(2)14-9-18(8-11(14)3)12-4-6-13(7-5-12)19-15(16)17/h4-7,10-11,14-15H,8-9H2,1-3H3. The van der Waals surface area contributed by atoms with Crippen LogP contribution in [0, 0.1) is 17.8 Å². The third-order valence-electron chi connectivity index (χ3n) is 3.95. The molecule has 2 nitrogen and oxygen atoms in total. The Hall–Kier alpha value is -1.32. The van der Waals surface area contributed by atoms with Gasteiger partial charge in [0.2, 0.25) is 0 Å². The topological polar surface area (TPSA) is 12.5 Å². The second-order valence-corrected chi connectivity index (χ2v) is 5.66. The molecule has 0 spiro atoms. The first kappa shape index (κ1) is 14.1. The Labute approximate surface area is 113 Å². The lowest BCUT2D eigenvalue weighted by molar-refractivity contribution is -0.0498. The van der Waals surface area contributed by atoms with Crippen LogP contribution in [0.3, 0.4) is 0 Å². The molecule has 1 aliphatic rings. The summed E-state index contributed by atoms with van der Waals surface area (Å²) < 4.78 is 28.5. The molecule has 0 saturated carbocycles. The first-order valence-corrected chi connectivity index (χ1v) is 6.77. The van der Waals surface area contributed by atoms with Crippen LogP contribution in [0.5, 0.6) is 5.75 Å². The summed E-state index contributed by atoms with van der Waals surface area (Å²) in [5.74, 6) is 2.24. The van der Waals surface area contributed by atoms with Gasteiger partial charge in [0.25, 0.3) is 0 Å². The van der Waals surface area contributed by atoms with Gasteiger partial charge in [-0.15, -0.1) is 0 Å². The number of hydrogen-bond acceptors (Lipinski definition) is 2. The van der Waals surface area contributed by atoms with Crippen LogP contribution >= 0.6 is 0 Å². The van der Waals surface area contributed by atoms with Crippen molar-refractivity contribution in [1.82, 2.24) is 0 Å². The van der Waals surface area contributed by atoms with Crippen LogP contribution in [0.2, 0.25) is 0 Å². The maximum absolute atomic E-state index is 12.1. The molecule has 2 atom stereocenters. The van der Waals surface area contributed by atoms with Crippen LogP contribution in [0.25, 0.3) is 0 Å². The van der Waals surface area contributed by atoms with Crippen LogP contribution in [0.15, 0.2) is 24.3 Å². The largest absolute Gasteiger partial charge is 0.435 e. The van der Waals surface area contributed by atoms with Crippen molar-refractivity contribution in [3.05, 3.63) is 24.3 Å². The van der Waals surface area contributed by atoms with Crippen LogP contribution in [0.1, 0.15) is 20.8 Å². The molecule has 1 aromatic carbocycles. The summed E-state index contributed by atoms with van der Waals surface area (Å²) in [6.07, 6.45) is 0. The van der Waals surface area contributed by atoms with Crippen molar-refractivity contribution < 1.29 is 13.5 Å². The molecule has 1 aliphatic heterocycles. The minimum Gasteiger partial charge on any atom is -0.435 e. The molecule has 0 amide bonds. The molecule has 0 bridgehead atoms. The van der Waals surface area contributed by atoms with Gasteiger partial charge in [0.1, 0.15) is 5.75 Å². The first-order valence-electron chi connectivity index (χ1n) is 6.77. The second-order valence-electron chi connectivity index (χ2n) is 5.66. The molecule has 4 heteroatoms. The number of anilines is 1. The van der Waals surface area contributed by atoms with E-state index in [2.05, 4.69) is 30.4 Å². The Morgan fingerprint density at radius 2 is 1.79 bits per heavy atom. The normalized spacial score (nSPS) is 23.4. The minimum absolute atomic E-state index is 0.214. The summed E-state index contributed by atoms with van der Waals surface area (Å²) in [6, 6.07) is 6.92. The van der Waals surface area contributed by atoms with E-state index in [1.165, 1.54) is 0 Å². The number of nitrogens with zero attached hydrogens (tertiary/aromatic N) is 1. The van der Waals surface area contributed by atoms with Crippen LogP contribution in [-0.4, -0.2) is 19.7 Å². The van der Waals surface area contributed by atoms with Gasteiger partial charge in [-0.2, -0.15) is 8.78 Å². The third-order valence-corrected chi connectivity index (χ3v) is 3.95. The Morgan fingerprint density at radius 1 is 1.16 bits per heavy atom. The van der Waals surface area contributed by atoms with E-state index in [1.807, 2.05) is 12.1 Å². The smallest absolute Gasteiger partial charge is 0.387 e. The van der Waals surface area contributed by atoms with Crippen molar-refractivity contribution >= 4 is 5.69 Å². The average Bonchev–Trinajstić information content (AvgIpc) is 2.71. The zero-order valence-corrected chi connectivity index (χ0v) is 11.6. The number of hydrogen-bond donors (Lipinski definition) is 0. The van der Waals surface area contributed by atoms with Crippen molar-refractivity contribution in [1.29, 1.82) is 0 Å². The highest BCUT2D eigenvalue weighted by Gasteiger charge is 2.31. The van der Waals surface area contributed by atoms with E-state index in [0.717, 1.165) is 18.8 Å². The summed E-state index contributed by atoms with van der Waals surface area (Å²) in [5, 5.41) is 0. The van der Waals surface area contributed by atoms with Crippen molar-refractivity contribution in [3.8, 4) is 5.75 Å². The summed E-state index contributed by atoms with van der Waals surface area (Å²) in [6.45, 7) is 6.09. The zero-order valence-electron chi connectivity index (χ0n) is 11.6. The number of alkyl halides is 2. The maximum atomic E-state index is 12.1. The number of rotatable bonds is 4. The Kier molecular flexibility index (Phi) is 4.27. The highest BCUT2D eigenvalue weighted by molar-refractivity contribution is 5.50. The van der Waals surface area contributed by atoms with Gasteiger partial charge in [-0.3, -0.25) is 0 Å². The predicted molar refractivity (Wildman–Crippen MR) is 72.8 cm³/mol. The van der Waals surface area contributed by atoms with Crippen LogP contribution in [0.4, 0.5) is 14.5 Å². The lowest BCUT2D eigenvalue weighted by Crippen LogP contribution is -2.21. The number of halogens is 2. The lowest BCUT2D eigenvalue weighted by Gasteiger charge is -2.20. The van der Waals surface area contributed by atoms with E-state index in [-0.39, 0.29) is 5.75 Å². The van der Waals surface area contributed by atoms with Gasteiger partial charge in [-0.05, 0) is 42.0 Å². The van der Waals surface area contributed by atoms with Crippen LogP contribution < -0.4 is 9.64 Å². The van der Waals surface area contributed by atoms with Gasteiger partial charge in [0, 0.05) is 18.8 Å². The molecule has 2 rings (SSSR count). The summed E-state index contributed by atoms with van der Waals surface area (Å²) in [4.78, 5) is 2.32. The zero-order chi connectivity index (χ0) is 14.0. The van der Waals surface area contributed by atoms with Gasteiger partial charge in [-0.1, -0.05) is 20.8 Å². The molecule has 1 fully saturated rings. The number of ether oxygens (including phenoxy) is 1. The molecular weight excluding hydrogens is 248 g/mol. The lowest BCUT2D eigenvalue weighted by atomic mass is 9.88. The summed E-state index contributed by atoms with van der Waals surface area (Å²) >= 11 is 0. The van der Waals surface area contributed by atoms with E-state index in [9.17, 15) is 8.78 Å². The minimum atomic E-state index is -2.76. The number of benzene rings is 1. The van der Waals surface area contributed by atoms with Gasteiger partial charge < -0.3 is 9.64 Å². The van der Waals surface area contributed by atoms with E-state index in [1.54, 1.807) is 12.1 Å².